The molecule has 3 aromatic rings. The number of ether oxygens (including phenoxy) is 2. The van der Waals surface area contributed by atoms with Gasteiger partial charge in [-0.15, -0.1) is 0 Å². The average Bonchev–Trinajstić information content (AvgIpc) is 3.48. The molecule has 1 atom stereocenters. The summed E-state index contributed by atoms with van der Waals surface area (Å²) >= 11 is 0. The number of esters is 1. The molecule has 1 aliphatic carbocycles. The number of nitrogens with zero attached hydrogens (tertiary/aromatic N) is 2. The Morgan fingerprint density at radius 2 is 2.00 bits per heavy atom. The van der Waals surface area contributed by atoms with E-state index in [1.54, 1.807) is 24.7 Å². The van der Waals surface area contributed by atoms with Crippen LogP contribution in [0.5, 0.6) is 5.75 Å². The second-order valence-corrected chi connectivity index (χ2v) is 9.32. The van der Waals surface area contributed by atoms with Crippen LogP contribution in [0.25, 0.3) is 22.3 Å². The zero-order valence-corrected chi connectivity index (χ0v) is 18.8. The fourth-order valence-electron chi connectivity index (χ4n) is 5.90. The van der Waals surface area contributed by atoms with Gasteiger partial charge in [0.2, 0.25) is 0 Å². The summed E-state index contributed by atoms with van der Waals surface area (Å²) < 4.78 is 12.4. The van der Waals surface area contributed by atoms with Crippen molar-refractivity contribution >= 4 is 16.9 Å². The normalized spacial score (nSPS) is 21.6. The maximum Gasteiger partial charge on any atom is 0.343 e. The molecule has 0 amide bonds. The molecular weight excluding hydrogens is 420 g/mol. The molecule has 33 heavy (non-hydrogen) atoms. The number of fused-ring (bicyclic) bond motifs is 5. The summed E-state index contributed by atoms with van der Waals surface area (Å²) in [5.41, 5.74) is 3.27. The van der Waals surface area contributed by atoms with Crippen LogP contribution in [-0.2, 0) is 28.3 Å². The number of carbonyl (C=O) groups is 1. The first-order chi connectivity index (χ1) is 16.0. The molecule has 0 spiro atoms. The van der Waals surface area contributed by atoms with E-state index >= 15 is 0 Å². The first-order valence-corrected chi connectivity index (χ1v) is 11.6. The maximum absolute atomic E-state index is 13.5. The standard InChI is InChI=1S/C26H26N2O5/c1-3-26(31)19-11-21-23-17(12-28(21)24(29)18(19)13-33-25(26)30)22(14-6-4-5-7-14)16-10-15(32-2)8-9-20(16)27-23/h8-11,14,31H,3-7,12-13H2,1-2H3. The second-order valence-electron chi connectivity index (χ2n) is 9.32. The van der Waals surface area contributed by atoms with E-state index in [0.29, 0.717) is 29.3 Å². The number of hydrogen-bond acceptors (Lipinski definition) is 6. The van der Waals surface area contributed by atoms with Crippen molar-refractivity contribution < 1.29 is 19.4 Å². The molecule has 4 heterocycles. The predicted octanol–water partition coefficient (Wildman–Crippen LogP) is 3.75. The molecule has 0 bridgehead atoms. The van der Waals surface area contributed by atoms with Crippen molar-refractivity contribution in [2.24, 2.45) is 0 Å². The van der Waals surface area contributed by atoms with Gasteiger partial charge in [0, 0.05) is 16.5 Å². The number of rotatable bonds is 3. The van der Waals surface area contributed by atoms with Crippen LogP contribution in [0.1, 0.15) is 67.2 Å². The summed E-state index contributed by atoms with van der Waals surface area (Å²) in [5, 5.41) is 12.2. The third-order valence-electron chi connectivity index (χ3n) is 7.70. The summed E-state index contributed by atoms with van der Waals surface area (Å²) in [6.45, 7) is 2.03. The summed E-state index contributed by atoms with van der Waals surface area (Å²) in [6, 6.07) is 7.70. The Hall–Kier alpha value is -3.19. The fourth-order valence-corrected chi connectivity index (χ4v) is 5.90. The number of aliphatic hydroxyl groups is 1. The summed E-state index contributed by atoms with van der Waals surface area (Å²) in [6.07, 6.45) is 4.74. The molecule has 1 aromatic carbocycles. The first-order valence-electron chi connectivity index (χ1n) is 11.6. The molecule has 1 saturated carbocycles. The van der Waals surface area contributed by atoms with Crippen molar-refractivity contribution in [1.82, 2.24) is 9.55 Å². The highest BCUT2D eigenvalue weighted by molar-refractivity contribution is 5.90. The quantitative estimate of drug-likeness (QED) is 0.482. The van der Waals surface area contributed by atoms with Crippen molar-refractivity contribution in [3.8, 4) is 17.1 Å². The van der Waals surface area contributed by atoms with Gasteiger partial charge in [-0.25, -0.2) is 9.78 Å². The van der Waals surface area contributed by atoms with Crippen molar-refractivity contribution in [1.29, 1.82) is 0 Å². The number of benzene rings is 1. The Bertz CT molecular complexity index is 1390. The lowest BCUT2D eigenvalue weighted by atomic mass is 9.85. The Kier molecular flexibility index (Phi) is 4.43. The second kappa shape index (κ2) is 7.15. The highest BCUT2D eigenvalue weighted by Crippen LogP contribution is 2.46. The maximum atomic E-state index is 13.5. The van der Waals surface area contributed by atoms with Gasteiger partial charge in [-0.1, -0.05) is 19.8 Å². The number of methoxy groups -OCH3 is 1. The molecule has 6 rings (SSSR count). The highest BCUT2D eigenvalue weighted by Gasteiger charge is 2.45. The molecule has 1 unspecified atom stereocenters. The van der Waals surface area contributed by atoms with Crippen LogP contribution in [0.2, 0.25) is 0 Å². The molecule has 7 heteroatoms. The van der Waals surface area contributed by atoms with E-state index in [1.165, 1.54) is 18.4 Å². The van der Waals surface area contributed by atoms with Crippen molar-refractivity contribution in [2.45, 2.75) is 63.7 Å². The van der Waals surface area contributed by atoms with Gasteiger partial charge in [0.25, 0.3) is 5.56 Å². The zero-order chi connectivity index (χ0) is 22.9. The van der Waals surface area contributed by atoms with Crippen LogP contribution in [0.4, 0.5) is 0 Å². The molecule has 3 aliphatic rings. The lowest BCUT2D eigenvalue weighted by Crippen LogP contribution is -2.44. The summed E-state index contributed by atoms with van der Waals surface area (Å²) in [7, 11) is 1.66. The predicted molar refractivity (Wildman–Crippen MR) is 122 cm³/mol. The van der Waals surface area contributed by atoms with Crippen LogP contribution in [0, 0.1) is 0 Å². The number of pyridine rings is 2. The third-order valence-corrected chi connectivity index (χ3v) is 7.70. The smallest absolute Gasteiger partial charge is 0.343 e. The summed E-state index contributed by atoms with van der Waals surface area (Å²) in [4.78, 5) is 30.9. The molecule has 2 aliphatic heterocycles. The van der Waals surface area contributed by atoms with Gasteiger partial charge in [0.05, 0.1) is 36.1 Å². The van der Waals surface area contributed by atoms with Crippen LogP contribution in [0.3, 0.4) is 0 Å². The Balaban J connectivity index is 1.65. The molecule has 0 radical (unpaired) electrons. The monoisotopic (exact) mass is 446 g/mol. The van der Waals surface area contributed by atoms with E-state index < -0.39 is 11.6 Å². The Labute approximate surface area is 191 Å². The van der Waals surface area contributed by atoms with E-state index in [4.69, 9.17) is 14.5 Å². The number of aromatic nitrogens is 2. The SMILES string of the molecule is CCC1(O)C(=O)OCc2c1cc1n(c2=O)Cc2c-1nc1ccc(OC)cc1c2C1CCCC1. The van der Waals surface area contributed by atoms with Crippen LogP contribution < -0.4 is 10.3 Å². The largest absolute Gasteiger partial charge is 0.497 e. The van der Waals surface area contributed by atoms with Gasteiger partial charge in [0.1, 0.15) is 12.4 Å². The van der Waals surface area contributed by atoms with Crippen LogP contribution >= 0.6 is 0 Å². The molecular formula is C26H26N2O5. The first kappa shape index (κ1) is 20.4. The van der Waals surface area contributed by atoms with Crippen LogP contribution in [0.15, 0.2) is 29.1 Å². The molecule has 1 fully saturated rings. The van der Waals surface area contributed by atoms with Crippen LogP contribution in [-0.4, -0.2) is 27.7 Å². The number of hydrogen-bond donors (Lipinski definition) is 1. The van der Waals surface area contributed by atoms with E-state index in [9.17, 15) is 14.7 Å². The van der Waals surface area contributed by atoms with E-state index in [-0.39, 0.29) is 18.6 Å². The van der Waals surface area contributed by atoms with Gasteiger partial charge in [0.15, 0.2) is 5.60 Å². The van der Waals surface area contributed by atoms with Gasteiger partial charge in [-0.2, -0.15) is 0 Å². The minimum atomic E-state index is -1.82. The Morgan fingerprint density at radius 3 is 2.73 bits per heavy atom. The highest BCUT2D eigenvalue weighted by atomic mass is 16.6. The van der Waals surface area contributed by atoms with Crippen molar-refractivity contribution in [2.75, 3.05) is 7.11 Å². The molecule has 0 saturated heterocycles. The molecule has 1 N–H and O–H groups in total. The third kappa shape index (κ3) is 2.75. The van der Waals surface area contributed by atoms with Crippen molar-refractivity contribution in [3.05, 3.63) is 56.9 Å². The van der Waals surface area contributed by atoms with Gasteiger partial charge in [-0.3, -0.25) is 4.79 Å². The molecule has 170 valence electrons. The lowest BCUT2D eigenvalue weighted by molar-refractivity contribution is -0.172. The topological polar surface area (TPSA) is 90.7 Å². The van der Waals surface area contributed by atoms with Gasteiger partial charge < -0.3 is 19.1 Å². The van der Waals surface area contributed by atoms with E-state index in [0.717, 1.165) is 40.8 Å². The molecule has 2 aromatic heterocycles. The Morgan fingerprint density at radius 1 is 1.21 bits per heavy atom. The van der Waals surface area contributed by atoms with Gasteiger partial charge >= 0.3 is 5.97 Å². The van der Waals surface area contributed by atoms with Crippen molar-refractivity contribution in [3.63, 3.8) is 0 Å². The molecule has 7 nitrogen and oxygen atoms in total. The zero-order valence-electron chi connectivity index (χ0n) is 18.8. The number of carbonyl (C=O) groups excluding carboxylic acids is 1. The summed E-state index contributed by atoms with van der Waals surface area (Å²) in [5.74, 6) is 0.495. The number of cyclic esters (lactones) is 1. The van der Waals surface area contributed by atoms with E-state index in [1.807, 2.05) is 12.1 Å². The minimum absolute atomic E-state index is 0.117. The van der Waals surface area contributed by atoms with E-state index in [2.05, 4.69) is 6.07 Å². The average molecular weight is 447 g/mol. The lowest BCUT2D eigenvalue weighted by Gasteiger charge is -2.31. The fraction of sp³-hybridized carbons (Fsp3) is 0.423. The van der Waals surface area contributed by atoms with Gasteiger partial charge in [-0.05, 0) is 55.0 Å². The minimum Gasteiger partial charge on any atom is -0.497 e.